The normalized spacial score (nSPS) is 16.2. The first-order valence-electron chi connectivity index (χ1n) is 9.02. The van der Waals surface area contributed by atoms with Gasteiger partial charge in [-0.1, -0.05) is 18.3 Å². The molecule has 7 nitrogen and oxygen atoms in total. The van der Waals surface area contributed by atoms with Gasteiger partial charge in [0.1, 0.15) is 17.7 Å². The SMILES string of the molecule is CC[C@H]1CN(c2ccc(C(=O)Nc3nc4ccc(OC)cc4s3)c(F)c2)C(=O)O1. The number of carbonyl (C=O) groups is 2. The van der Waals surface area contributed by atoms with Crippen LogP contribution in [0.5, 0.6) is 5.75 Å². The maximum absolute atomic E-state index is 14.6. The zero-order valence-corrected chi connectivity index (χ0v) is 16.6. The lowest BCUT2D eigenvalue weighted by molar-refractivity contribution is 0.102. The van der Waals surface area contributed by atoms with Crippen LogP contribution in [0.15, 0.2) is 36.4 Å². The molecule has 1 aliphatic rings. The molecule has 0 unspecified atom stereocenters. The average Bonchev–Trinajstić information content (AvgIpc) is 3.29. The average molecular weight is 415 g/mol. The van der Waals surface area contributed by atoms with Crippen molar-refractivity contribution >= 4 is 44.4 Å². The number of ether oxygens (including phenoxy) is 2. The molecular weight excluding hydrogens is 397 g/mol. The first-order chi connectivity index (χ1) is 14.0. The molecule has 1 atom stereocenters. The van der Waals surface area contributed by atoms with Crippen molar-refractivity contribution in [1.82, 2.24) is 4.98 Å². The number of nitrogens with one attached hydrogen (secondary N) is 1. The van der Waals surface area contributed by atoms with Crippen LogP contribution >= 0.6 is 11.3 Å². The highest BCUT2D eigenvalue weighted by Gasteiger charge is 2.31. The highest BCUT2D eigenvalue weighted by atomic mass is 32.1. The van der Waals surface area contributed by atoms with Crippen molar-refractivity contribution in [3.63, 3.8) is 0 Å². The Balaban J connectivity index is 1.52. The molecule has 4 rings (SSSR count). The summed E-state index contributed by atoms with van der Waals surface area (Å²) < 4.78 is 25.8. The van der Waals surface area contributed by atoms with Gasteiger partial charge in [0, 0.05) is 0 Å². The molecule has 0 radical (unpaired) electrons. The fraction of sp³-hybridized carbons (Fsp3) is 0.250. The van der Waals surface area contributed by atoms with E-state index in [9.17, 15) is 14.0 Å². The number of rotatable bonds is 5. The number of benzene rings is 2. The van der Waals surface area contributed by atoms with Gasteiger partial charge >= 0.3 is 6.09 Å². The standard InChI is InChI=1S/C20H18FN3O4S/c1-3-12-10-24(20(26)28-12)11-4-6-14(15(21)8-11)18(25)23-19-22-16-7-5-13(27-2)9-17(16)29-19/h4-9,12H,3,10H2,1-2H3,(H,22,23,25)/t12-/m0/s1. The van der Waals surface area contributed by atoms with E-state index >= 15 is 0 Å². The summed E-state index contributed by atoms with van der Waals surface area (Å²) in [7, 11) is 1.57. The van der Waals surface area contributed by atoms with E-state index < -0.39 is 17.8 Å². The fourth-order valence-corrected chi connectivity index (χ4v) is 3.94. The smallest absolute Gasteiger partial charge is 0.414 e. The van der Waals surface area contributed by atoms with Crippen LogP contribution in [0.3, 0.4) is 0 Å². The number of carbonyl (C=O) groups excluding carboxylic acids is 2. The van der Waals surface area contributed by atoms with E-state index in [1.165, 1.54) is 28.4 Å². The number of fused-ring (bicyclic) bond motifs is 1. The molecule has 2 amide bonds. The van der Waals surface area contributed by atoms with E-state index in [1.54, 1.807) is 19.2 Å². The van der Waals surface area contributed by atoms with Crippen molar-refractivity contribution < 1.29 is 23.5 Å². The Bertz CT molecular complexity index is 1100. The Kier molecular flexibility index (Phi) is 5.06. The zero-order chi connectivity index (χ0) is 20.5. The number of hydrogen-bond donors (Lipinski definition) is 1. The lowest BCUT2D eigenvalue weighted by Gasteiger charge is -2.14. The molecule has 1 saturated heterocycles. The summed E-state index contributed by atoms with van der Waals surface area (Å²) in [5.41, 5.74) is 0.928. The van der Waals surface area contributed by atoms with Crippen LogP contribution in [0, 0.1) is 5.82 Å². The predicted octanol–water partition coefficient (Wildman–Crippen LogP) is 4.43. The summed E-state index contributed by atoms with van der Waals surface area (Å²) in [6, 6.07) is 9.42. The largest absolute Gasteiger partial charge is 0.497 e. The second-order valence-corrected chi connectivity index (χ2v) is 7.53. The molecule has 1 fully saturated rings. The minimum absolute atomic E-state index is 0.134. The van der Waals surface area contributed by atoms with Crippen LogP contribution in [0.25, 0.3) is 10.2 Å². The Morgan fingerprint density at radius 1 is 1.38 bits per heavy atom. The van der Waals surface area contributed by atoms with E-state index in [2.05, 4.69) is 10.3 Å². The molecule has 0 saturated carbocycles. The van der Waals surface area contributed by atoms with Crippen molar-refractivity contribution in [3.8, 4) is 5.75 Å². The third-order valence-electron chi connectivity index (χ3n) is 4.65. The van der Waals surface area contributed by atoms with Crippen LogP contribution in [-0.2, 0) is 4.74 Å². The van der Waals surface area contributed by atoms with Gasteiger partial charge in [-0.05, 0) is 42.8 Å². The number of methoxy groups -OCH3 is 1. The number of cyclic esters (lactones) is 1. The topological polar surface area (TPSA) is 80.8 Å². The molecular formula is C20H18FN3O4S. The van der Waals surface area contributed by atoms with E-state index in [-0.39, 0.29) is 11.7 Å². The Hall–Kier alpha value is -3.20. The van der Waals surface area contributed by atoms with E-state index in [4.69, 9.17) is 9.47 Å². The maximum atomic E-state index is 14.6. The van der Waals surface area contributed by atoms with E-state index in [0.29, 0.717) is 35.1 Å². The summed E-state index contributed by atoms with van der Waals surface area (Å²) >= 11 is 1.27. The van der Waals surface area contributed by atoms with Gasteiger partial charge in [0.2, 0.25) is 0 Å². The van der Waals surface area contributed by atoms with Crippen LogP contribution in [-0.4, -0.2) is 36.7 Å². The minimum Gasteiger partial charge on any atom is -0.497 e. The molecule has 0 spiro atoms. The van der Waals surface area contributed by atoms with Crippen molar-refractivity contribution in [2.45, 2.75) is 19.4 Å². The summed E-state index contributed by atoms with van der Waals surface area (Å²) in [5.74, 6) is -0.655. The molecule has 1 aromatic heterocycles. The van der Waals surface area contributed by atoms with Crippen LogP contribution in [0.4, 0.5) is 20.0 Å². The molecule has 2 aromatic carbocycles. The van der Waals surface area contributed by atoms with Crippen LogP contribution in [0.1, 0.15) is 23.7 Å². The third-order valence-corrected chi connectivity index (χ3v) is 5.59. The molecule has 0 bridgehead atoms. The van der Waals surface area contributed by atoms with E-state index in [1.807, 2.05) is 13.0 Å². The van der Waals surface area contributed by atoms with Gasteiger partial charge in [-0.2, -0.15) is 0 Å². The summed E-state index contributed by atoms with van der Waals surface area (Å²) in [6.07, 6.45) is -0.0521. The lowest BCUT2D eigenvalue weighted by atomic mass is 10.1. The Labute approximate surface area is 170 Å². The second-order valence-electron chi connectivity index (χ2n) is 6.50. The molecule has 1 N–H and O–H groups in total. The number of hydrogen-bond acceptors (Lipinski definition) is 6. The summed E-state index contributed by atoms with van der Waals surface area (Å²) in [4.78, 5) is 30.1. The quantitative estimate of drug-likeness (QED) is 0.667. The molecule has 9 heteroatoms. The van der Waals surface area contributed by atoms with E-state index in [0.717, 1.165) is 10.8 Å². The molecule has 0 aliphatic carbocycles. The van der Waals surface area contributed by atoms with Gasteiger partial charge in [-0.15, -0.1) is 0 Å². The molecule has 150 valence electrons. The second kappa shape index (κ2) is 7.67. The monoisotopic (exact) mass is 415 g/mol. The summed E-state index contributed by atoms with van der Waals surface area (Å²) in [6.45, 7) is 2.27. The number of thiazole rings is 1. The van der Waals surface area contributed by atoms with Crippen LogP contribution in [0.2, 0.25) is 0 Å². The van der Waals surface area contributed by atoms with Crippen molar-refractivity contribution in [1.29, 1.82) is 0 Å². The molecule has 1 aliphatic heterocycles. The van der Waals surface area contributed by atoms with Gasteiger partial charge in [0.05, 0.1) is 35.1 Å². The number of halogens is 1. The Morgan fingerprint density at radius 3 is 2.90 bits per heavy atom. The highest BCUT2D eigenvalue weighted by molar-refractivity contribution is 7.22. The molecule has 3 aromatic rings. The maximum Gasteiger partial charge on any atom is 0.414 e. The van der Waals surface area contributed by atoms with Crippen molar-refractivity contribution in [2.24, 2.45) is 0 Å². The predicted molar refractivity (Wildman–Crippen MR) is 108 cm³/mol. The third kappa shape index (κ3) is 3.73. The number of amides is 2. The van der Waals surface area contributed by atoms with Gasteiger partial charge in [-0.25, -0.2) is 14.2 Å². The fourth-order valence-electron chi connectivity index (χ4n) is 3.05. The van der Waals surface area contributed by atoms with Crippen molar-refractivity contribution in [2.75, 3.05) is 23.9 Å². The molecule has 29 heavy (non-hydrogen) atoms. The highest BCUT2D eigenvalue weighted by Crippen LogP contribution is 2.30. The van der Waals surface area contributed by atoms with Gasteiger partial charge in [-0.3, -0.25) is 15.0 Å². The Morgan fingerprint density at radius 2 is 2.21 bits per heavy atom. The number of aromatic nitrogens is 1. The lowest BCUT2D eigenvalue weighted by Crippen LogP contribution is -2.25. The zero-order valence-electron chi connectivity index (χ0n) is 15.8. The van der Waals surface area contributed by atoms with Gasteiger partial charge in [0.25, 0.3) is 5.91 Å². The minimum atomic E-state index is -0.726. The first-order valence-corrected chi connectivity index (χ1v) is 9.83. The summed E-state index contributed by atoms with van der Waals surface area (Å²) in [5, 5.41) is 2.98. The molecule has 2 heterocycles. The first kappa shape index (κ1) is 19.1. The van der Waals surface area contributed by atoms with Crippen molar-refractivity contribution in [3.05, 3.63) is 47.8 Å². The number of anilines is 2. The van der Waals surface area contributed by atoms with Gasteiger partial charge < -0.3 is 9.47 Å². The van der Waals surface area contributed by atoms with Gasteiger partial charge in [0.15, 0.2) is 5.13 Å². The van der Waals surface area contributed by atoms with Crippen LogP contribution < -0.4 is 15.0 Å². The number of nitrogens with zero attached hydrogens (tertiary/aromatic N) is 2.